The lowest BCUT2D eigenvalue weighted by Gasteiger charge is -2.29. The Morgan fingerprint density at radius 3 is 2.41 bits per heavy atom. The van der Waals surface area contributed by atoms with Crippen LogP contribution in [0.15, 0.2) is 66.9 Å². The molecule has 0 radical (unpaired) electrons. The minimum Gasteiger partial charge on any atom is -0.493 e. The van der Waals surface area contributed by atoms with Crippen molar-refractivity contribution in [3.05, 3.63) is 81.6 Å². The van der Waals surface area contributed by atoms with Gasteiger partial charge >= 0.3 is 0 Å². The first-order valence-electron chi connectivity index (χ1n) is 12.7. The van der Waals surface area contributed by atoms with Crippen LogP contribution in [0, 0.1) is 3.57 Å². The summed E-state index contributed by atoms with van der Waals surface area (Å²) in [6.45, 7) is 5.09. The Kier molecular flexibility index (Phi) is 8.37. The van der Waals surface area contributed by atoms with E-state index in [9.17, 15) is 4.79 Å². The summed E-state index contributed by atoms with van der Waals surface area (Å²) in [5, 5.41) is 0.816. The van der Waals surface area contributed by atoms with Gasteiger partial charge in [0.1, 0.15) is 0 Å². The average molecular weight is 639 g/mol. The third kappa shape index (κ3) is 5.74. The maximum absolute atomic E-state index is 14.3. The fourth-order valence-corrected chi connectivity index (χ4v) is 5.35. The van der Waals surface area contributed by atoms with Crippen LogP contribution >= 0.6 is 22.6 Å². The van der Waals surface area contributed by atoms with E-state index in [1.165, 1.54) is 5.56 Å². The van der Waals surface area contributed by atoms with Gasteiger partial charge in [0.15, 0.2) is 23.0 Å². The second-order valence-electron chi connectivity index (χ2n) is 9.05. The number of halogens is 1. The molecule has 2 heterocycles. The van der Waals surface area contributed by atoms with E-state index in [1.54, 1.807) is 26.5 Å². The molecule has 0 N–H and O–H groups in total. The van der Waals surface area contributed by atoms with Gasteiger partial charge in [-0.2, -0.15) is 0 Å². The van der Waals surface area contributed by atoms with E-state index in [4.69, 9.17) is 18.9 Å². The van der Waals surface area contributed by atoms with Gasteiger partial charge in [-0.05, 0) is 59.0 Å². The van der Waals surface area contributed by atoms with Gasteiger partial charge in [-0.25, -0.2) is 0 Å². The molecule has 0 spiro atoms. The smallest absolute Gasteiger partial charge is 0.259 e. The summed E-state index contributed by atoms with van der Waals surface area (Å²) in [6.07, 6.45) is 1.72. The predicted molar refractivity (Wildman–Crippen MR) is 159 cm³/mol. The van der Waals surface area contributed by atoms with Crippen molar-refractivity contribution in [3.63, 3.8) is 0 Å². The van der Waals surface area contributed by atoms with Crippen LogP contribution < -0.4 is 23.8 Å². The van der Waals surface area contributed by atoms with Crippen LogP contribution in [-0.4, -0.2) is 56.4 Å². The Balaban J connectivity index is 1.54. The highest BCUT2D eigenvalue weighted by Gasteiger charge is 2.26. The molecule has 0 bridgehead atoms. The zero-order valence-electron chi connectivity index (χ0n) is 22.1. The number of aromatic nitrogens is 1. The molecule has 9 heteroatoms. The number of carbonyl (C=O) groups is 1. The molecule has 39 heavy (non-hydrogen) atoms. The zero-order valence-corrected chi connectivity index (χ0v) is 24.3. The lowest BCUT2D eigenvalue weighted by atomic mass is 10.1. The van der Waals surface area contributed by atoms with Gasteiger partial charge in [0, 0.05) is 40.9 Å². The number of rotatable bonds is 10. The Bertz CT molecular complexity index is 1480. The van der Waals surface area contributed by atoms with Crippen LogP contribution in [-0.2, 0) is 6.54 Å². The molecule has 4 aromatic rings. The monoisotopic (exact) mass is 639 g/mol. The maximum Gasteiger partial charge on any atom is 0.259 e. The van der Waals surface area contributed by atoms with E-state index in [-0.39, 0.29) is 12.7 Å². The van der Waals surface area contributed by atoms with Crippen molar-refractivity contribution in [1.29, 1.82) is 0 Å². The van der Waals surface area contributed by atoms with Gasteiger partial charge in [0.2, 0.25) is 6.79 Å². The van der Waals surface area contributed by atoms with Crippen LogP contribution in [0.1, 0.15) is 22.8 Å². The van der Waals surface area contributed by atoms with Crippen molar-refractivity contribution in [2.75, 3.05) is 45.5 Å². The quantitative estimate of drug-likeness (QED) is 0.205. The number of carbonyl (C=O) groups excluding carboxylic acids is 1. The lowest BCUT2D eigenvalue weighted by Crippen LogP contribution is -2.39. The third-order valence-electron chi connectivity index (χ3n) is 6.79. The molecule has 1 amide bonds. The molecular formula is C30H30IN3O5. The summed E-state index contributed by atoms with van der Waals surface area (Å²) < 4.78 is 23.0. The van der Waals surface area contributed by atoms with Crippen molar-refractivity contribution >= 4 is 45.1 Å². The SMILES string of the molecule is CCN(CCN(C(=O)c1cc(OC)c(OC)cc1I)c1ccnc2cc3c(cc12)OCO3)Cc1ccccc1. The number of hydrogen-bond acceptors (Lipinski definition) is 7. The molecule has 0 atom stereocenters. The summed E-state index contributed by atoms with van der Waals surface area (Å²) in [5.41, 5.74) is 3.25. The van der Waals surface area contributed by atoms with E-state index in [2.05, 4.69) is 51.5 Å². The number of hydrogen-bond donors (Lipinski definition) is 0. The van der Waals surface area contributed by atoms with Crippen molar-refractivity contribution in [1.82, 2.24) is 9.88 Å². The Morgan fingerprint density at radius 1 is 0.974 bits per heavy atom. The van der Waals surface area contributed by atoms with Gasteiger partial charge in [0.25, 0.3) is 5.91 Å². The van der Waals surface area contributed by atoms with Crippen molar-refractivity contribution < 1.29 is 23.7 Å². The van der Waals surface area contributed by atoms with Crippen molar-refractivity contribution in [2.24, 2.45) is 0 Å². The fourth-order valence-electron chi connectivity index (χ4n) is 4.68. The van der Waals surface area contributed by atoms with Crippen molar-refractivity contribution in [2.45, 2.75) is 13.5 Å². The first-order chi connectivity index (χ1) is 19.0. The minimum atomic E-state index is -0.138. The zero-order chi connectivity index (χ0) is 27.4. The van der Waals surface area contributed by atoms with Crippen LogP contribution in [0.25, 0.3) is 10.9 Å². The number of nitrogens with zero attached hydrogens (tertiary/aromatic N) is 3. The first kappa shape index (κ1) is 27.0. The van der Waals surface area contributed by atoms with E-state index in [0.29, 0.717) is 41.7 Å². The number of pyridine rings is 1. The highest BCUT2D eigenvalue weighted by molar-refractivity contribution is 14.1. The molecule has 5 rings (SSSR count). The molecule has 0 saturated heterocycles. The number of fused-ring (bicyclic) bond motifs is 2. The number of methoxy groups -OCH3 is 2. The fraction of sp³-hybridized carbons (Fsp3) is 0.267. The van der Waals surface area contributed by atoms with E-state index < -0.39 is 0 Å². The molecule has 1 aromatic heterocycles. The molecular weight excluding hydrogens is 609 g/mol. The van der Waals surface area contributed by atoms with E-state index in [0.717, 1.165) is 33.3 Å². The van der Waals surface area contributed by atoms with Crippen LogP contribution in [0.3, 0.4) is 0 Å². The van der Waals surface area contributed by atoms with Gasteiger partial charge in [-0.15, -0.1) is 0 Å². The molecule has 0 fully saturated rings. The highest BCUT2D eigenvalue weighted by atomic mass is 127. The Labute approximate surface area is 241 Å². The molecule has 202 valence electrons. The molecule has 0 unspecified atom stereocenters. The number of likely N-dealkylation sites (N-methyl/N-ethyl adjacent to an activating group) is 1. The van der Waals surface area contributed by atoms with E-state index in [1.807, 2.05) is 47.4 Å². The summed E-state index contributed by atoms with van der Waals surface area (Å²) in [7, 11) is 3.15. The largest absolute Gasteiger partial charge is 0.493 e. The van der Waals surface area contributed by atoms with Crippen molar-refractivity contribution in [3.8, 4) is 23.0 Å². The third-order valence-corrected chi connectivity index (χ3v) is 7.68. The maximum atomic E-state index is 14.3. The number of amides is 1. The number of anilines is 1. The second kappa shape index (κ2) is 12.1. The average Bonchev–Trinajstić information content (AvgIpc) is 3.43. The predicted octanol–water partition coefficient (Wildman–Crippen LogP) is 5.75. The number of benzene rings is 3. The van der Waals surface area contributed by atoms with Crippen LogP contribution in [0.5, 0.6) is 23.0 Å². The normalized spacial score (nSPS) is 12.1. The minimum absolute atomic E-state index is 0.138. The molecule has 1 aliphatic rings. The van der Waals surface area contributed by atoms with Gasteiger partial charge in [0.05, 0.1) is 31.0 Å². The second-order valence-corrected chi connectivity index (χ2v) is 10.2. The van der Waals surface area contributed by atoms with Gasteiger partial charge < -0.3 is 23.8 Å². The van der Waals surface area contributed by atoms with Gasteiger partial charge in [-0.1, -0.05) is 37.3 Å². The highest BCUT2D eigenvalue weighted by Crippen LogP contribution is 2.39. The Morgan fingerprint density at radius 2 is 1.69 bits per heavy atom. The topological polar surface area (TPSA) is 73.4 Å². The molecule has 0 saturated carbocycles. The number of ether oxygens (including phenoxy) is 4. The van der Waals surface area contributed by atoms with E-state index >= 15 is 0 Å². The molecule has 0 aliphatic carbocycles. The molecule has 8 nitrogen and oxygen atoms in total. The molecule has 1 aliphatic heterocycles. The summed E-state index contributed by atoms with van der Waals surface area (Å²) >= 11 is 2.17. The lowest BCUT2D eigenvalue weighted by molar-refractivity contribution is 0.0982. The summed E-state index contributed by atoms with van der Waals surface area (Å²) in [5.74, 6) is 2.24. The van der Waals surface area contributed by atoms with Crippen LogP contribution in [0.2, 0.25) is 0 Å². The van der Waals surface area contributed by atoms with Crippen LogP contribution in [0.4, 0.5) is 5.69 Å². The molecule has 3 aromatic carbocycles. The standard InChI is InChI=1S/C30H30IN3O5/c1-4-33(18-20-8-6-5-7-9-20)12-13-34(30(35)21-14-26(36-2)27(37-3)16-23(21)31)25-10-11-32-24-17-29-28(15-22(24)25)38-19-39-29/h5-11,14-17H,4,12-13,18-19H2,1-3H3. The summed E-state index contributed by atoms with van der Waals surface area (Å²) in [6, 6.07) is 19.6. The van der Waals surface area contributed by atoms with Gasteiger partial charge in [-0.3, -0.25) is 14.7 Å². The summed E-state index contributed by atoms with van der Waals surface area (Å²) in [4.78, 5) is 23.0. The first-order valence-corrected chi connectivity index (χ1v) is 13.8. The Hall–Kier alpha value is -3.57.